The number of amides is 3. The Hall–Kier alpha value is -1.14. The lowest BCUT2D eigenvalue weighted by Crippen LogP contribution is -2.47. The molecule has 1 aliphatic heterocycles. The SMILES string of the molecule is CC1CC(N)CCN1CCC(=O)NC(N)=O. The van der Waals surface area contributed by atoms with Crippen LogP contribution in [-0.4, -0.2) is 42.0 Å². The highest BCUT2D eigenvalue weighted by Gasteiger charge is 2.23. The monoisotopic (exact) mass is 228 g/mol. The molecule has 6 nitrogen and oxygen atoms in total. The first-order chi connectivity index (χ1) is 7.49. The largest absolute Gasteiger partial charge is 0.351 e. The molecule has 2 atom stereocenters. The van der Waals surface area contributed by atoms with Crippen LogP contribution in [0.25, 0.3) is 0 Å². The van der Waals surface area contributed by atoms with E-state index in [-0.39, 0.29) is 11.9 Å². The van der Waals surface area contributed by atoms with Gasteiger partial charge in [0.05, 0.1) is 0 Å². The highest BCUT2D eigenvalue weighted by atomic mass is 16.2. The maximum Gasteiger partial charge on any atom is 0.318 e. The van der Waals surface area contributed by atoms with Crippen molar-refractivity contribution in [1.29, 1.82) is 0 Å². The number of hydrogen-bond donors (Lipinski definition) is 3. The van der Waals surface area contributed by atoms with E-state index in [9.17, 15) is 9.59 Å². The van der Waals surface area contributed by atoms with Gasteiger partial charge in [-0.25, -0.2) is 4.79 Å². The highest BCUT2D eigenvalue weighted by Crippen LogP contribution is 2.15. The molecule has 1 rings (SSSR count). The lowest BCUT2D eigenvalue weighted by molar-refractivity contribution is -0.120. The van der Waals surface area contributed by atoms with E-state index in [2.05, 4.69) is 17.1 Å². The molecule has 0 aliphatic carbocycles. The minimum atomic E-state index is -0.793. The Bertz CT molecular complexity index is 270. The molecule has 1 aliphatic rings. The predicted octanol–water partition coefficient (Wildman–Crippen LogP) is -0.617. The third-order valence-corrected chi connectivity index (χ3v) is 2.94. The van der Waals surface area contributed by atoms with Gasteiger partial charge >= 0.3 is 6.03 Å². The molecule has 1 saturated heterocycles. The Balaban J connectivity index is 2.27. The van der Waals surface area contributed by atoms with E-state index in [0.29, 0.717) is 19.0 Å². The molecule has 92 valence electrons. The first-order valence-corrected chi connectivity index (χ1v) is 5.58. The van der Waals surface area contributed by atoms with Crippen molar-refractivity contribution in [3.8, 4) is 0 Å². The van der Waals surface area contributed by atoms with E-state index in [1.807, 2.05) is 0 Å². The fraction of sp³-hybridized carbons (Fsp3) is 0.800. The number of rotatable bonds is 3. The summed E-state index contributed by atoms with van der Waals surface area (Å²) in [6, 6.07) is -0.130. The number of urea groups is 1. The summed E-state index contributed by atoms with van der Waals surface area (Å²) in [5.74, 6) is -0.324. The van der Waals surface area contributed by atoms with Crippen LogP contribution in [0.4, 0.5) is 4.79 Å². The molecule has 6 heteroatoms. The van der Waals surface area contributed by atoms with Crippen molar-refractivity contribution in [2.45, 2.75) is 38.3 Å². The van der Waals surface area contributed by atoms with Gasteiger partial charge in [0.2, 0.25) is 5.91 Å². The van der Waals surface area contributed by atoms with E-state index in [1.54, 1.807) is 0 Å². The van der Waals surface area contributed by atoms with Crippen molar-refractivity contribution in [2.75, 3.05) is 13.1 Å². The van der Waals surface area contributed by atoms with Gasteiger partial charge in [0.15, 0.2) is 0 Å². The van der Waals surface area contributed by atoms with E-state index >= 15 is 0 Å². The molecule has 5 N–H and O–H groups in total. The molecule has 0 spiro atoms. The maximum absolute atomic E-state index is 11.2. The van der Waals surface area contributed by atoms with Crippen molar-refractivity contribution in [1.82, 2.24) is 10.2 Å². The third kappa shape index (κ3) is 4.16. The number of likely N-dealkylation sites (tertiary alicyclic amines) is 1. The summed E-state index contributed by atoms with van der Waals surface area (Å²) < 4.78 is 0. The molecule has 0 bridgehead atoms. The second kappa shape index (κ2) is 5.81. The van der Waals surface area contributed by atoms with Crippen LogP contribution < -0.4 is 16.8 Å². The average Bonchev–Trinajstić information content (AvgIpc) is 2.15. The second-order valence-corrected chi connectivity index (χ2v) is 4.33. The molecule has 0 saturated carbocycles. The number of nitrogens with one attached hydrogen (secondary N) is 1. The number of piperidine rings is 1. The third-order valence-electron chi connectivity index (χ3n) is 2.94. The zero-order valence-corrected chi connectivity index (χ0v) is 9.61. The Morgan fingerprint density at radius 3 is 2.75 bits per heavy atom. The molecule has 0 aromatic rings. The summed E-state index contributed by atoms with van der Waals surface area (Å²) in [5, 5.41) is 2.05. The molecule has 1 heterocycles. The highest BCUT2D eigenvalue weighted by molar-refractivity contribution is 5.93. The minimum absolute atomic E-state index is 0.269. The van der Waals surface area contributed by atoms with E-state index in [0.717, 1.165) is 19.4 Å². The van der Waals surface area contributed by atoms with Crippen LogP contribution in [0.1, 0.15) is 26.2 Å². The smallest absolute Gasteiger partial charge is 0.318 e. The number of imide groups is 1. The number of nitrogens with two attached hydrogens (primary N) is 2. The van der Waals surface area contributed by atoms with Crippen molar-refractivity contribution in [3.63, 3.8) is 0 Å². The molecule has 1 fully saturated rings. The first-order valence-electron chi connectivity index (χ1n) is 5.58. The van der Waals surface area contributed by atoms with Gasteiger partial charge in [-0.15, -0.1) is 0 Å². The summed E-state index contributed by atoms with van der Waals surface area (Å²) in [5.41, 5.74) is 10.7. The van der Waals surface area contributed by atoms with Gasteiger partial charge in [0.25, 0.3) is 0 Å². The Morgan fingerprint density at radius 2 is 2.19 bits per heavy atom. The zero-order valence-electron chi connectivity index (χ0n) is 9.61. The zero-order chi connectivity index (χ0) is 12.1. The van der Waals surface area contributed by atoms with Gasteiger partial charge in [0.1, 0.15) is 0 Å². The molecule has 0 aromatic carbocycles. The number of nitrogens with zero attached hydrogens (tertiary/aromatic N) is 1. The van der Waals surface area contributed by atoms with Crippen LogP contribution in [0, 0.1) is 0 Å². The van der Waals surface area contributed by atoms with Crippen LogP contribution >= 0.6 is 0 Å². The molecule has 3 amide bonds. The Kier molecular flexibility index (Phi) is 4.70. The van der Waals surface area contributed by atoms with Crippen molar-refractivity contribution in [2.24, 2.45) is 11.5 Å². The molecule has 0 aromatic heterocycles. The maximum atomic E-state index is 11.2. The quantitative estimate of drug-likeness (QED) is 0.599. The molecule has 16 heavy (non-hydrogen) atoms. The summed E-state index contributed by atoms with van der Waals surface area (Å²) >= 11 is 0. The Labute approximate surface area is 95.3 Å². The fourth-order valence-electron chi connectivity index (χ4n) is 2.03. The Morgan fingerprint density at radius 1 is 1.50 bits per heavy atom. The second-order valence-electron chi connectivity index (χ2n) is 4.33. The van der Waals surface area contributed by atoms with Crippen LogP contribution in [0.5, 0.6) is 0 Å². The molecule has 2 unspecified atom stereocenters. The number of primary amides is 1. The average molecular weight is 228 g/mol. The summed E-state index contributed by atoms with van der Waals surface area (Å²) in [6.07, 6.45) is 2.21. The van der Waals surface area contributed by atoms with Crippen molar-refractivity contribution >= 4 is 11.9 Å². The normalized spacial score (nSPS) is 26.4. The number of hydrogen-bond acceptors (Lipinski definition) is 4. The van der Waals surface area contributed by atoms with E-state index < -0.39 is 6.03 Å². The predicted molar refractivity (Wildman–Crippen MR) is 60.6 cm³/mol. The van der Waals surface area contributed by atoms with Gasteiger partial charge in [-0.3, -0.25) is 10.1 Å². The number of carbonyl (C=O) groups excluding carboxylic acids is 2. The standard InChI is InChI=1S/C10H20N4O2/c1-7-6-8(11)2-4-14(7)5-3-9(15)13-10(12)16/h7-8H,2-6,11H2,1H3,(H3,12,13,15,16). The lowest BCUT2D eigenvalue weighted by atomic mass is 9.99. The summed E-state index contributed by atoms with van der Waals surface area (Å²) in [6.45, 7) is 3.66. The van der Waals surface area contributed by atoms with Gasteiger partial charge in [-0.1, -0.05) is 0 Å². The molecular formula is C10H20N4O2. The van der Waals surface area contributed by atoms with Crippen molar-refractivity contribution < 1.29 is 9.59 Å². The van der Waals surface area contributed by atoms with Crippen LogP contribution in [0.3, 0.4) is 0 Å². The number of carbonyl (C=O) groups is 2. The van der Waals surface area contributed by atoms with E-state index in [1.165, 1.54) is 0 Å². The van der Waals surface area contributed by atoms with Crippen LogP contribution in [0.15, 0.2) is 0 Å². The van der Waals surface area contributed by atoms with Crippen LogP contribution in [-0.2, 0) is 4.79 Å². The van der Waals surface area contributed by atoms with Gasteiger partial charge in [0, 0.05) is 25.0 Å². The van der Waals surface area contributed by atoms with E-state index in [4.69, 9.17) is 11.5 Å². The minimum Gasteiger partial charge on any atom is -0.351 e. The van der Waals surface area contributed by atoms with Gasteiger partial charge < -0.3 is 16.4 Å². The topological polar surface area (TPSA) is 101 Å². The van der Waals surface area contributed by atoms with Gasteiger partial charge in [-0.05, 0) is 26.3 Å². The first kappa shape index (κ1) is 12.9. The summed E-state index contributed by atoms with van der Waals surface area (Å²) in [7, 11) is 0. The fourth-order valence-corrected chi connectivity index (χ4v) is 2.03. The lowest BCUT2D eigenvalue weighted by Gasteiger charge is -2.36. The van der Waals surface area contributed by atoms with Gasteiger partial charge in [-0.2, -0.15) is 0 Å². The van der Waals surface area contributed by atoms with Crippen molar-refractivity contribution in [3.05, 3.63) is 0 Å². The molecular weight excluding hydrogens is 208 g/mol. The molecule has 0 radical (unpaired) electrons. The van der Waals surface area contributed by atoms with Crippen LogP contribution in [0.2, 0.25) is 0 Å². The summed E-state index contributed by atoms with van der Waals surface area (Å²) in [4.78, 5) is 23.8.